The molecule has 112 heavy (non-hydrogen) atoms. The van der Waals surface area contributed by atoms with Crippen LogP contribution in [0.5, 0.6) is 0 Å². The minimum Gasteiger partial charge on any atom is -0.310 e. The second kappa shape index (κ2) is 26.2. The first-order valence-corrected chi connectivity index (χ1v) is 39.0. The van der Waals surface area contributed by atoms with Crippen molar-refractivity contribution in [1.82, 2.24) is 0 Å². The van der Waals surface area contributed by atoms with Crippen molar-refractivity contribution in [3.63, 3.8) is 0 Å². The Labute approximate surface area is 654 Å². The van der Waals surface area contributed by atoms with E-state index in [0.29, 0.717) is 0 Å². The average Bonchev–Trinajstić information content (AvgIpc) is 1.50. The predicted octanol–water partition coefficient (Wildman–Crippen LogP) is 29.0. The number of anilines is 6. The Morgan fingerprint density at radius 3 is 1.04 bits per heavy atom. The molecule has 4 aliphatic rings. The summed E-state index contributed by atoms with van der Waals surface area (Å²) in [4.78, 5) is 5.09. The van der Waals surface area contributed by atoms with Gasteiger partial charge < -0.3 is 9.80 Å². The van der Waals surface area contributed by atoms with Crippen LogP contribution in [0.2, 0.25) is 0 Å². The van der Waals surface area contributed by atoms with Gasteiger partial charge in [0.15, 0.2) is 0 Å². The van der Waals surface area contributed by atoms with Gasteiger partial charge in [0.2, 0.25) is 0 Å². The molecule has 0 aromatic heterocycles. The zero-order valence-corrected chi connectivity index (χ0v) is 61.5. The number of nitrogens with zero attached hydrogens (tertiary/aromatic N) is 2. The Kier molecular flexibility index (Phi) is 15.1. The number of benzene rings is 18. The standard InChI is InChI=1S/C110H72N2/c1-6-31-73(32-7-1)76-59-64-81(65-60-76)111(105-71-80(75-35-10-3-11-36-75)63-69-85(105)79-39-14-5-15-40-79)83-68-70-100-95(72-83)89-45-20-23-51-96(89)109(100)99-54-26-21-47-93(99)106-91(48-28-55-101(106)109)92-49-29-56-102-107(92)94-50-30-58-104(108(94)110(102)97-52-24-18-43-87(97)88-44-19-25-53-98(88)110)112(82-66-61-77(62-67-82)74-33-8-2-9-34-74)103-57-27-22-46-90(103)86-42-17-16-41-84(86)78-37-12-4-13-38-78/h1-72H. The van der Waals surface area contributed by atoms with Crippen molar-refractivity contribution in [2.45, 2.75) is 10.8 Å². The van der Waals surface area contributed by atoms with Crippen molar-refractivity contribution >= 4 is 34.1 Å². The molecular weight excluding hydrogens is 1350 g/mol. The van der Waals surface area contributed by atoms with E-state index in [2.05, 4.69) is 447 Å². The van der Waals surface area contributed by atoms with E-state index in [1.54, 1.807) is 0 Å². The fourth-order valence-electron chi connectivity index (χ4n) is 19.8. The first kappa shape index (κ1) is 64.7. The second-order valence-electron chi connectivity index (χ2n) is 30.0. The lowest BCUT2D eigenvalue weighted by Crippen LogP contribution is -2.28. The van der Waals surface area contributed by atoms with Crippen LogP contribution in [0.15, 0.2) is 437 Å². The Morgan fingerprint density at radius 2 is 0.482 bits per heavy atom. The summed E-state index contributed by atoms with van der Waals surface area (Å²) in [5, 5.41) is 0. The van der Waals surface area contributed by atoms with E-state index in [9.17, 15) is 0 Å². The monoisotopic (exact) mass is 1420 g/mol. The van der Waals surface area contributed by atoms with Gasteiger partial charge in [0, 0.05) is 33.8 Å². The summed E-state index contributed by atoms with van der Waals surface area (Å²) in [6.07, 6.45) is 0. The molecule has 2 spiro atoms. The quantitative estimate of drug-likeness (QED) is 0.114. The maximum atomic E-state index is 2.59. The number of hydrogen-bond donors (Lipinski definition) is 0. The topological polar surface area (TPSA) is 6.48 Å². The molecular formula is C110H72N2. The van der Waals surface area contributed by atoms with Crippen molar-refractivity contribution in [1.29, 1.82) is 0 Å². The molecule has 0 amide bonds. The molecule has 4 aliphatic carbocycles. The first-order valence-electron chi connectivity index (χ1n) is 39.0. The summed E-state index contributed by atoms with van der Waals surface area (Å²) in [5.74, 6) is 0. The average molecular weight is 1420 g/mol. The van der Waals surface area contributed by atoms with E-state index in [1.807, 2.05) is 0 Å². The van der Waals surface area contributed by atoms with E-state index in [-0.39, 0.29) is 0 Å². The van der Waals surface area contributed by atoms with Crippen molar-refractivity contribution in [3.05, 3.63) is 481 Å². The molecule has 0 heterocycles. The minimum absolute atomic E-state index is 0.673. The van der Waals surface area contributed by atoms with Gasteiger partial charge >= 0.3 is 0 Å². The van der Waals surface area contributed by atoms with Crippen LogP contribution in [0.3, 0.4) is 0 Å². The largest absolute Gasteiger partial charge is 0.310 e. The highest BCUT2D eigenvalue weighted by molar-refractivity contribution is 6.09. The van der Waals surface area contributed by atoms with Gasteiger partial charge in [-0.2, -0.15) is 0 Å². The summed E-state index contributed by atoms with van der Waals surface area (Å²) in [6.45, 7) is 0. The van der Waals surface area contributed by atoms with Crippen LogP contribution in [-0.2, 0) is 10.8 Å². The number of fused-ring (bicyclic) bond motifs is 20. The molecule has 0 saturated carbocycles. The van der Waals surface area contributed by atoms with Crippen LogP contribution in [0.1, 0.15) is 44.5 Å². The zero-order valence-electron chi connectivity index (χ0n) is 61.5. The zero-order chi connectivity index (χ0) is 73.9. The first-order chi connectivity index (χ1) is 55.6. The molecule has 0 N–H and O–H groups in total. The van der Waals surface area contributed by atoms with Gasteiger partial charge in [0.25, 0.3) is 0 Å². The molecule has 0 aliphatic heterocycles. The van der Waals surface area contributed by atoms with Crippen molar-refractivity contribution in [2.24, 2.45) is 0 Å². The Morgan fingerprint density at radius 1 is 0.143 bits per heavy atom. The minimum atomic E-state index is -0.760. The maximum Gasteiger partial charge on any atom is 0.0746 e. The fourth-order valence-corrected chi connectivity index (χ4v) is 19.8. The highest BCUT2D eigenvalue weighted by Gasteiger charge is 2.56. The van der Waals surface area contributed by atoms with Gasteiger partial charge in [-0.1, -0.05) is 382 Å². The predicted molar refractivity (Wildman–Crippen MR) is 466 cm³/mol. The molecule has 0 bridgehead atoms. The molecule has 0 radical (unpaired) electrons. The van der Waals surface area contributed by atoms with Gasteiger partial charge in [0.1, 0.15) is 0 Å². The summed E-state index contributed by atoms with van der Waals surface area (Å²) >= 11 is 0. The van der Waals surface area contributed by atoms with Crippen LogP contribution in [-0.4, -0.2) is 0 Å². The lowest BCUT2D eigenvalue weighted by Gasteiger charge is -2.36. The normalized spacial score (nSPS) is 13.8. The van der Waals surface area contributed by atoms with Gasteiger partial charge in [-0.05, 0) is 205 Å². The SMILES string of the molecule is c1ccc(-c2ccc(N(c3ccc4c(c3)-c3ccccc3C43c4ccccc4-c4c(-c5cccc6c5-c5cccc(N(c7ccc(-c8ccccc8)cc7)c7ccccc7-c7ccccc7-c7ccccc7)c5C65c6ccccc6-c6ccccc65)cccc43)c3cc(-c4ccccc4)ccc3-c3ccccc3)cc2)cc1. The summed E-state index contributed by atoms with van der Waals surface area (Å²) in [6, 6.07) is 164. The third kappa shape index (κ3) is 9.78. The van der Waals surface area contributed by atoms with Crippen LogP contribution in [0, 0.1) is 0 Å². The van der Waals surface area contributed by atoms with Crippen LogP contribution >= 0.6 is 0 Å². The van der Waals surface area contributed by atoms with Crippen LogP contribution in [0.25, 0.3) is 122 Å². The highest BCUT2D eigenvalue weighted by atomic mass is 15.2. The van der Waals surface area contributed by atoms with Crippen LogP contribution in [0.4, 0.5) is 34.1 Å². The lowest BCUT2D eigenvalue weighted by molar-refractivity contribution is 0.793. The van der Waals surface area contributed by atoms with E-state index in [4.69, 9.17) is 0 Å². The Balaban J connectivity index is 0.769. The molecule has 2 nitrogen and oxygen atoms in total. The fraction of sp³-hybridized carbons (Fsp3) is 0.0182. The number of rotatable bonds is 13. The van der Waals surface area contributed by atoms with E-state index >= 15 is 0 Å². The smallest absolute Gasteiger partial charge is 0.0746 e. The third-order valence-electron chi connectivity index (χ3n) is 24.3. The van der Waals surface area contributed by atoms with Crippen molar-refractivity contribution < 1.29 is 0 Å². The molecule has 0 saturated heterocycles. The molecule has 0 fully saturated rings. The lowest BCUT2D eigenvalue weighted by atomic mass is 9.69. The third-order valence-corrected chi connectivity index (χ3v) is 24.3. The molecule has 1 unspecified atom stereocenters. The van der Waals surface area contributed by atoms with Crippen LogP contribution < -0.4 is 9.80 Å². The van der Waals surface area contributed by atoms with Crippen molar-refractivity contribution in [2.75, 3.05) is 9.80 Å². The molecule has 18 aromatic carbocycles. The number of hydrogen-bond acceptors (Lipinski definition) is 2. The summed E-state index contributed by atoms with van der Waals surface area (Å²) in [5.41, 5.74) is 41.7. The van der Waals surface area contributed by atoms with Gasteiger partial charge in [-0.3, -0.25) is 0 Å². The molecule has 2 heteroatoms. The molecule has 18 aromatic rings. The Hall–Kier alpha value is -14.4. The summed E-state index contributed by atoms with van der Waals surface area (Å²) in [7, 11) is 0. The van der Waals surface area contributed by atoms with E-state index in [1.165, 1.54) is 134 Å². The van der Waals surface area contributed by atoms with Gasteiger partial charge in [-0.25, -0.2) is 0 Å². The van der Waals surface area contributed by atoms with E-state index < -0.39 is 10.8 Å². The highest BCUT2D eigenvalue weighted by Crippen LogP contribution is 2.69. The van der Waals surface area contributed by atoms with E-state index in [0.717, 1.165) is 67.5 Å². The maximum absolute atomic E-state index is 2.59. The summed E-state index contributed by atoms with van der Waals surface area (Å²) < 4.78 is 0. The molecule has 22 rings (SSSR count). The second-order valence-corrected chi connectivity index (χ2v) is 30.0. The molecule has 1 atom stereocenters. The van der Waals surface area contributed by atoms with Gasteiger partial charge in [-0.15, -0.1) is 0 Å². The van der Waals surface area contributed by atoms with Gasteiger partial charge in [0.05, 0.1) is 27.9 Å². The Bertz CT molecular complexity index is 6680. The van der Waals surface area contributed by atoms with Crippen molar-refractivity contribution in [3.8, 4) is 122 Å². The number of para-hydroxylation sites is 1. The molecule has 522 valence electrons.